The molecule has 0 aromatic rings. The van der Waals surface area contributed by atoms with E-state index in [9.17, 15) is 13.2 Å². The predicted molar refractivity (Wildman–Crippen MR) is 48.9 cm³/mol. The Balaban J connectivity index is 4.35. The minimum atomic E-state index is -3.42. The van der Waals surface area contributed by atoms with Crippen molar-refractivity contribution in [2.45, 2.75) is 32.7 Å². The molecule has 0 fully saturated rings. The van der Waals surface area contributed by atoms with Crippen LogP contribution in [-0.4, -0.2) is 31.3 Å². The van der Waals surface area contributed by atoms with Gasteiger partial charge in [-0.05, 0) is 13.3 Å². The normalized spacial score (nSPS) is 14.0. The average molecular weight is 209 g/mol. The topological polar surface area (TPSA) is 83.5 Å². The summed E-state index contributed by atoms with van der Waals surface area (Å²) < 4.78 is 24.1. The summed E-state index contributed by atoms with van der Waals surface area (Å²) in [4.78, 5) is 10.6. The van der Waals surface area contributed by atoms with Crippen molar-refractivity contribution in [1.82, 2.24) is 4.72 Å². The maximum absolute atomic E-state index is 11.0. The first-order chi connectivity index (χ1) is 5.93. The third kappa shape index (κ3) is 4.84. The molecule has 5 nitrogen and oxygen atoms in total. The molecule has 6 heteroatoms. The molecule has 0 aliphatic heterocycles. The highest BCUT2D eigenvalue weighted by Crippen LogP contribution is 1.99. The second-order valence-corrected chi connectivity index (χ2v) is 4.74. The Morgan fingerprint density at radius 1 is 1.46 bits per heavy atom. The standard InChI is InChI=1S/C7H15NO4S/c1-3-5-6(7(9)10)8-13(11,12)4-2/h6,8H,3-5H2,1-2H3,(H,9,10)/t6-/m0/s1. The summed E-state index contributed by atoms with van der Waals surface area (Å²) in [7, 11) is -3.42. The average Bonchev–Trinajstić information content (AvgIpc) is 2.03. The Morgan fingerprint density at radius 2 is 2.00 bits per heavy atom. The van der Waals surface area contributed by atoms with E-state index in [0.29, 0.717) is 12.8 Å². The van der Waals surface area contributed by atoms with E-state index in [1.54, 1.807) is 6.92 Å². The number of carboxylic acid groups (broad SMARTS) is 1. The lowest BCUT2D eigenvalue weighted by Crippen LogP contribution is -2.41. The van der Waals surface area contributed by atoms with Crippen molar-refractivity contribution in [3.05, 3.63) is 0 Å². The summed E-state index contributed by atoms with van der Waals surface area (Å²) in [6.07, 6.45) is 0.942. The molecule has 0 aliphatic rings. The van der Waals surface area contributed by atoms with Gasteiger partial charge in [-0.1, -0.05) is 13.3 Å². The van der Waals surface area contributed by atoms with E-state index >= 15 is 0 Å². The highest BCUT2D eigenvalue weighted by atomic mass is 32.2. The number of rotatable bonds is 6. The van der Waals surface area contributed by atoms with Gasteiger partial charge in [0.1, 0.15) is 6.04 Å². The van der Waals surface area contributed by atoms with Crippen LogP contribution in [0.5, 0.6) is 0 Å². The number of sulfonamides is 1. The zero-order chi connectivity index (χ0) is 10.5. The maximum atomic E-state index is 11.0. The fourth-order valence-corrected chi connectivity index (χ4v) is 1.64. The molecule has 78 valence electrons. The predicted octanol–water partition coefficient (Wildman–Crippen LogP) is 0.179. The first kappa shape index (κ1) is 12.4. The van der Waals surface area contributed by atoms with E-state index in [-0.39, 0.29) is 5.75 Å². The second-order valence-electron chi connectivity index (χ2n) is 2.70. The van der Waals surface area contributed by atoms with Crippen molar-refractivity contribution in [1.29, 1.82) is 0 Å². The van der Waals surface area contributed by atoms with Gasteiger partial charge in [0.15, 0.2) is 0 Å². The van der Waals surface area contributed by atoms with Crippen LogP contribution in [0.1, 0.15) is 26.7 Å². The van der Waals surface area contributed by atoms with Crippen LogP contribution in [-0.2, 0) is 14.8 Å². The minimum absolute atomic E-state index is 0.0967. The highest BCUT2D eigenvalue weighted by Gasteiger charge is 2.21. The van der Waals surface area contributed by atoms with Crippen molar-refractivity contribution < 1.29 is 18.3 Å². The summed E-state index contributed by atoms with van der Waals surface area (Å²) in [6.45, 7) is 3.27. The number of hydrogen-bond donors (Lipinski definition) is 2. The van der Waals surface area contributed by atoms with Crippen LogP contribution in [0.25, 0.3) is 0 Å². The third-order valence-electron chi connectivity index (χ3n) is 1.58. The van der Waals surface area contributed by atoms with Crippen LogP contribution in [0.2, 0.25) is 0 Å². The van der Waals surface area contributed by atoms with Crippen molar-refractivity contribution in [2.75, 3.05) is 5.75 Å². The molecule has 0 bridgehead atoms. The maximum Gasteiger partial charge on any atom is 0.321 e. The Hall–Kier alpha value is -0.620. The smallest absolute Gasteiger partial charge is 0.321 e. The molecular formula is C7H15NO4S. The molecule has 0 aliphatic carbocycles. The lowest BCUT2D eigenvalue weighted by atomic mass is 10.2. The molecule has 1 atom stereocenters. The molecule has 0 amide bonds. The van der Waals surface area contributed by atoms with Gasteiger partial charge in [0.05, 0.1) is 5.75 Å². The summed E-state index contributed by atoms with van der Waals surface area (Å²) in [5.74, 6) is -1.22. The number of aliphatic carboxylic acids is 1. The first-order valence-electron chi connectivity index (χ1n) is 4.15. The Kier molecular flexibility index (Phi) is 4.94. The highest BCUT2D eigenvalue weighted by molar-refractivity contribution is 7.89. The zero-order valence-electron chi connectivity index (χ0n) is 7.78. The van der Waals surface area contributed by atoms with Gasteiger partial charge in [0.2, 0.25) is 10.0 Å². The van der Waals surface area contributed by atoms with Crippen LogP contribution in [0.4, 0.5) is 0 Å². The summed E-state index contributed by atoms with van der Waals surface area (Å²) in [5.41, 5.74) is 0. The largest absolute Gasteiger partial charge is 0.480 e. The van der Waals surface area contributed by atoms with Gasteiger partial charge in [-0.3, -0.25) is 4.79 Å². The van der Waals surface area contributed by atoms with Gasteiger partial charge in [0, 0.05) is 0 Å². The fraction of sp³-hybridized carbons (Fsp3) is 0.857. The van der Waals surface area contributed by atoms with E-state index in [0.717, 1.165) is 0 Å². The van der Waals surface area contributed by atoms with Gasteiger partial charge in [-0.25, -0.2) is 13.1 Å². The molecule has 0 saturated carbocycles. The van der Waals surface area contributed by atoms with E-state index in [1.807, 2.05) is 0 Å². The van der Waals surface area contributed by atoms with Gasteiger partial charge in [-0.15, -0.1) is 0 Å². The molecule has 0 radical (unpaired) electrons. The molecular weight excluding hydrogens is 194 g/mol. The zero-order valence-corrected chi connectivity index (χ0v) is 8.60. The molecule has 0 rings (SSSR count). The Morgan fingerprint density at radius 3 is 2.31 bits per heavy atom. The molecule has 2 N–H and O–H groups in total. The van der Waals surface area contributed by atoms with E-state index in [1.165, 1.54) is 6.92 Å². The van der Waals surface area contributed by atoms with E-state index in [4.69, 9.17) is 5.11 Å². The van der Waals surface area contributed by atoms with Crippen LogP contribution in [0.3, 0.4) is 0 Å². The molecule has 0 aromatic heterocycles. The Labute approximate surface area is 78.2 Å². The first-order valence-corrected chi connectivity index (χ1v) is 5.81. The van der Waals surface area contributed by atoms with Crippen molar-refractivity contribution in [3.8, 4) is 0 Å². The van der Waals surface area contributed by atoms with Gasteiger partial charge < -0.3 is 5.11 Å². The summed E-state index contributed by atoms with van der Waals surface area (Å²) >= 11 is 0. The molecule has 0 saturated heterocycles. The molecule has 0 unspecified atom stereocenters. The number of carboxylic acids is 1. The fourth-order valence-electron chi connectivity index (χ4n) is 0.822. The van der Waals surface area contributed by atoms with Crippen LogP contribution < -0.4 is 4.72 Å². The minimum Gasteiger partial charge on any atom is -0.480 e. The van der Waals surface area contributed by atoms with Gasteiger partial charge in [-0.2, -0.15) is 0 Å². The summed E-state index contributed by atoms with van der Waals surface area (Å²) in [6, 6.07) is -0.991. The van der Waals surface area contributed by atoms with Crippen molar-refractivity contribution >= 4 is 16.0 Å². The second kappa shape index (κ2) is 5.18. The summed E-state index contributed by atoms with van der Waals surface area (Å²) in [5, 5.41) is 8.64. The van der Waals surface area contributed by atoms with Crippen molar-refractivity contribution in [3.63, 3.8) is 0 Å². The quantitative estimate of drug-likeness (QED) is 0.653. The lowest BCUT2D eigenvalue weighted by molar-refractivity contribution is -0.139. The molecule has 0 aromatic carbocycles. The molecule has 0 spiro atoms. The van der Waals surface area contributed by atoms with Crippen LogP contribution >= 0.6 is 0 Å². The van der Waals surface area contributed by atoms with E-state index < -0.39 is 22.0 Å². The monoisotopic (exact) mass is 209 g/mol. The third-order valence-corrected chi connectivity index (χ3v) is 2.98. The number of carbonyl (C=O) groups is 1. The van der Waals surface area contributed by atoms with Crippen LogP contribution in [0.15, 0.2) is 0 Å². The Bertz CT molecular complexity index is 260. The van der Waals surface area contributed by atoms with Crippen LogP contribution in [0, 0.1) is 0 Å². The number of hydrogen-bond acceptors (Lipinski definition) is 3. The van der Waals surface area contributed by atoms with E-state index in [2.05, 4.69) is 4.72 Å². The molecule has 0 heterocycles. The lowest BCUT2D eigenvalue weighted by Gasteiger charge is -2.12. The number of nitrogens with one attached hydrogen (secondary N) is 1. The van der Waals surface area contributed by atoms with Crippen molar-refractivity contribution in [2.24, 2.45) is 0 Å². The van der Waals surface area contributed by atoms with Gasteiger partial charge >= 0.3 is 5.97 Å². The van der Waals surface area contributed by atoms with Gasteiger partial charge in [0.25, 0.3) is 0 Å². The SMILES string of the molecule is CCC[C@H](NS(=O)(=O)CC)C(=O)O. The molecule has 13 heavy (non-hydrogen) atoms.